The summed E-state index contributed by atoms with van der Waals surface area (Å²) in [6.07, 6.45) is 0. The van der Waals surface area contributed by atoms with Gasteiger partial charge in [-0.25, -0.2) is 8.78 Å². The van der Waals surface area contributed by atoms with E-state index in [9.17, 15) is 13.6 Å². The number of primary amides is 1. The van der Waals surface area contributed by atoms with Crippen molar-refractivity contribution in [2.24, 2.45) is 11.5 Å². The number of carbonyl (C=O) groups excluding carboxylic acids is 1. The van der Waals surface area contributed by atoms with Gasteiger partial charge in [0, 0.05) is 6.07 Å². The van der Waals surface area contributed by atoms with E-state index < -0.39 is 29.7 Å². The topological polar surface area (TPSA) is 78.3 Å². The summed E-state index contributed by atoms with van der Waals surface area (Å²) < 4.78 is 31.7. The lowest BCUT2D eigenvalue weighted by atomic mass is 9.91. The molecule has 0 bridgehead atoms. The van der Waals surface area contributed by atoms with Crippen LogP contribution in [0.4, 0.5) is 8.78 Å². The number of benzene rings is 2. The van der Waals surface area contributed by atoms with E-state index in [2.05, 4.69) is 0 Å². The molecular weight excluding hydrogens is 278 g/mol. The van der Waals surface area contributed by atoms with Crippen LogP contribution in [0.2, 0.25) is 0 Å². The molecule has 0 radical (unpaired) electrons. The van der Waals surface area contributed by atoms with E-state index in [1.807, 2.05) is 0 Å². The summed E-state index contributed by atoms with van der Waals surface area (Å²) in [5, 5.41) is 0. The zero-order valence-electron chi connectivity index (χ0n) is 11.1. The Labute approximate surface area is 120 Å². The van der Waals surface area contributed by atoms with Crippen LogP contribution in [0.25, 0.3) is 0 Å². The van der Waals surface area contributed by atoms with Gasteiger partial charge in [-0.05, 0) is 17.7 Å². The normalized spacial score (nSPS) is 13.5. The predicted molar refractivity (Wildman–Crippen MR) is 73.4 cm³/mol. The first kappa shape index (κ1) is 14.9. The monoisotopic (exact) mass is 292 g/mol. The molecule has 6 heteroatoms. The first-order chi connectivity index (χ1) is 9.93. The molecule has 4 nitrogen and oxygen atoms in total. The Kier molecular flexibility index (Phi) is 4.18. The Morgan fingerprint density at radius 2 is 1.81 bits per heavy atom. The van der Waals surface area contributed by atoms with E-state index in [-0.39, 0.29) is 5.75 Å². The lowest BCUT2D eigenvalue weighted by Crippen LogP contribution is -2.53. The smallest absolute Gasteiger partial charge is 0.245 e. The average Bonchev–Trinajstić information content (AvgIpc) is 2.48. The van der Waals surface area contributed by atoms with Crippen LogP contribution in [0.5, 0.6) is 5.75 Å². The van der Waals surface area contributed by atoms with Gasteiger partial charge < -0.3 is 16.2 Å². The second-order valence-corrected chi connectivity index (χ2v) is 4.57. The van der Waals surface area contributed by atoms with Crippen LogP contribution >= 0.6 is 0 Å². The highest BCUT2D eigenvalue weighted by molar-refractivity contribution is 5.86. The summed E-state index contributed by atoms with van der Waals surface area (Å²) in [5.74, 6) is -2.57. The van der Waals surface area contributed by atoms with Gasteiger partial charge in [0.1, 0.15) is 12.4 Å². The molecule has 0 aliphatic carbocycles. The molecule has 0 saturated carbocycles. The minimum absolute atomic E-state index is 0.331. The van der Waals surface area contributed by atoms with E-state index in [1.165, 1.54) is 0 Å². The minimum Gasteiger partial charge on any atom is -0.488 e. The molecule has 2 aromatic rings. The predicted octanol–water partition coefficient (Wildman–Crippen LogP) is 1.68. The van der Waals surface area contributed by atoms with Crippen molar-refractivity contribution in [1.29, 1.82) is 0 Å². The number of carbonyl (C=O) groups is 1. The highest BCUT2D eigenvalue weighted by atomic mass is 19.1. The van der Waals surface area contributed by atoms with Crippen molar-refractivity contribution >= 4 is 5.91 Å². The molecule has 0 aromatic heterocycles. The number of nitrogens with two attached hydrogens (primary N) is 2. The van der Waals surface area contributed by atoms with Crippen molar-refractivity contribution in [1.82, 2.24) is 0 Å². The van der Waals surface area contributed by atoms with Gasteiger partial charge in [-0.1, -0.05) is 30.3 Å². The fraction of sp³-hybridized carbons (Fsp3) is 0.133. The summed E-state index contributed by atoms with van der Waals surface area (Å²) in [6.45, 7) is -0.410. The standard InChI is InChI=1S/C15H14F2N2O2/c16-11-6-7-12(17)13(8-11)21-9-15(19,14(18)20)10-4-2-1-3-5-10/h1-8H,9,19H2,(H2,18,20). The van der Waals surface area contributed by atoms with Crippen LogP contribution < -0.4 is 16.2 Å². The number of hydrogen-bond acceptors (Lipinski definition) is 3. The number of ether oxygens (including phenoxy) is 1. The van der Waals surface area contributed by atoms with Gasteiger partial charge in [-0.15, -0.1) is 0 Å². The highest BCUT2D eigenvalue weighted by Gasteiger charge is 2.35. The SMILES string of the molecule is NC(=O)C(N)(COc1cc(F)ccc1F)c1ccccc1. The molecule has 0 fully saturated rings. The van der Waals surface area contributed by atoms with Gasteiger partial charge in [-0.2, -0.15) is 0 Å². The molecule has 2 aromatic carbocycles. The van der Waals surface area contributed by atoms with Crippen LogP contribution in [0.1, 0.15) is 5.56 Å². The van der Waals surface area contributed by atoms with Crippen molar-refractivity contribution in [2.45, 2.75) is 5.54 Å². The van der Waals surface area contributed by atoms with E-state index >= 15 is 0 Å². The van der Waals surface area contributed by atoms with E-state index in [0.717, 1.165) is 18.2 Å². The molecule has 2 rings (SSSR count). The maximum atomic E-state index is 13.5. The molecule has 0 aliphatic rings. The average molecular weight is 292 g/mol. The van der Waals surface area contributed by atoms with Crippen LogP contribution in [0, 0.1) is 11.6 Å². The third-order valence-electron chi connectivity index (χ3n) is 3.08. The van der Waals surface area contributed by atoms with Crippen molar-refractivity contribution < 1.29 is 18.3 Å². The maximum Gasteiger partial charge on any atom is 0.245 e. The second-order valence-electron chi connectivity index (χ2n) is 4.57. The fourth-order valence-electron chi connectivity index (χ4n) is 1.81. The van der Waals surface area contributed by atoms with Crippen molar-refractivity contribution in [3.8, 4) is 5.75 Å². The zero-order valence-corrected chi connectivity index (χ0v) is 11.1. The number of amides is 1. The molecule has 1 atom stereocenters. The molecule has 21 heavy (non-hydrogen) atoms. The first-order valence-electron chi connectivity index (χ1n) is 6.15. The highest BCUT2D eigenvalue weighted by Crippen LogP contribution is 2.23. The van der Waals surface area contributed by atoms with E-state index in [4.69, 9.17) is 16.2 Å². The molecule has 110 valence electrons. The van der Waals surface area contributed by atoms with Crippen LogP contribution in [0.3, 0.4) is 0 Å². The molecule has 0 saturated heterocycles. The summed E-state index contributed by atoms with van der Waals surface area (Å²) in [7, 11) is 0. The summed E-state index contributed by atoms with van der Waals surface area (Å²) >= 11 is 0. The number of hydrogen-bond donors (Lipinski definition) is 2. The van der Waals surface area contributed by atoms with Crippen LogP contribution in [-0.2, 0) is 10.3 Å². The third kappa shape index (κ3) is 3.17. The first-order valence-corrected chi connectivity index (χ1v) is 6.15. The van der Waals surface area contributed by atoms with Crippen molar-refractivity contribution in [3.05, 3.63) is 65.7 Å². The molecular formula is C15H14F2N2O2. The summed E-state index contributed by atoms with van der Waals surface area (Å²) in [6, 6.07) is 11.1. The van der Waals surface area contributed by atoms with Crippen molar-refractivity contribution in [3.63, 3.8) is 0 Å². The lowest BCUT2D eigenvalue weighted by Gasteiger charge is -2.26. The largest absolute Gasteiger partial charge is 0.488 e. The van der Waals surface area contributed by atoms with Gasteiger partial charge >= 0.3 is 0 Å². The Morgan fingerprint density at radius 3 is 2.43 bits per heavy atom. The Morgan fingerprint density at radius 1 is 1.14 bits per heavy atom. The second kappa shape index (κ2) is 5.88. The zero-order chi connectivity index (χ0) is 15.5. The summed E-state index contributed by atoms with van der Waals surface area (Å²) in [5.41, 5.74) is 10.1. The van der Waals surface area contributed by atoms with Gasteiger partial charge in [0.2, 0.25) is 5.91 Å². The molecule has 0 heterocycles. The maximum absolute atomic E-state index is 13.5. The Balaban J connectivity index is 2.26. The third-order valence-corrected chi connectivity index (χ3v) is 3.08. The lowest BCUT2D eigenvalue weighted by molar-refractivity contribution is -0.124. The van der Waals surface area contributed by atoms with Crippen LogP contribution in [-0.4, -0.2) is 12.5 Å². The van der Waals surface area contributed by atoms with Gasteiger partial charge in [0.05, 0.1) is 0 Å². The van der Waals surface area contributed by atoms with E-state index in [1.54, 1.807) is 30.3 Å². The number of rotatable bonds is 5. The van der Waals surface area contributed by atoms with Gasteiger partial charge in [0.15, 0.2) is 17.1 Å². The molecule has 0 spiro atoms. The fourth-order valence-corrected chi connectivity index (χ4v) is 1.81. The molecule has 4 N–H and O–H groups in total. The van der Waals surface area contributed by atoms with E-state index in [0.29, 0.717) is 5.56 Å². The minimum atomic E-state index is -1.64. The molecule has 0 aliphatic heterocycles. The number of halogens is 2. The van der Waals surface area contributed by atoms with Gasteiger partial charge in [-0.3, -0.25) is 4.79 Å². The Bertz CT molecular complexity index is 649. The molecule has 1 amide bonds. The van der Waals surface area contributed by atoms with Gasteiger partial charge in [0.25, 0.3) is 0 Å². The molecule has 1 unspecified atom stereocenters. The quantitative estimate of drug-likeness (QED) is 0.880. The van der Waals surface area contributed by atoms with Crippen molar-refractivity contribution in [2.75, 3.05) is 6.61 Å². The Hall–Kier alpha value is -2.47. The van der Waals surface area contributed by atoms with Crippen LogP contribution in [0.15, 0.2) is 48.5 Å². The summed E-state index contributed by atoms with van der Waals surface area (Å²) in [4.78, 5) is 11.6.